The van der Waals surface area contributed by atoms with Crippen LogP contribution in [0, 0.1) is 6.92 Å². The van der Waals surface area contributed by atoms with Crippen molar-refractivity contribution >= 4 is 44.4 Å². The van der Waals surface area contributed by atoms with Gasteiger partial charge < -0.3 is 9.15 Å². The third-order valence-electron chi connectivity index (χ3n) is 5.63. The van der Waals surface area contributed by atoms with E-state index in [9.17, 15) is 9.59 Å². The van der Waals surface area contributed by atoms with E-state index in [0.29, 0.717) is 46.7 Å². The van der Waals surface area contributed by atoms with Gasteiger partial charge in [0.05, 0.1) is 5.71 Å². The predicted molar refractivity (Wildman–Crippen MR) is 129 cm³/mol. The molecule has 1 amide bonds. The van der Waals surface area contributed by atoms with Gasteiger partial charge in [-0.05, 0) is 50.1 Å². The summed E-state index contributed by atoms with van der Waals surface area (Å²) in [6, 6.07) is 10.4. The van der Waals surface area contributed by atoms with E-state index in [1.165, 1.54) is 0 Å². The van der Waals surface area contributed by atoms with E-state index in [0.717, 1.165) is 21.8 Å². The number of amides is 1. The molecule has 1 N–H and O–H groups in total. The monoisotopic (exact) mass is 518 g/mol. The van der Waals surface area contributed by atoms with Crippen LogP contribution in [0.4, 0.5) is 0 Å². The fraction of sp³-hybridized carbons (Fsp3) is 0.160. The maximum absolute atomic E-state index is 13.1. The third-order valence-corrected chi connectivity index (χ3v) is 6.32. The van der Waals surface area contributed by atoms with E-state index in [2.05, 4.69) is 36.4 Å². The molecule has 0 atom stereocenters. The number of carbonyl (C=O) groups is 2. The molecule has 3 aromatic heterocycles. The third kappa shape index (κ3) is 4.10. The fourth-order valence-electron chi connectivity index (χ4n) is 4.00. The molecule has 8 nitrogen and oxygen atoms in total. The molecular formula is C25H19BrN4O4. The highest BCUT2D eigenvalue weighted by Gasteiger charge is 2.29. The van der Waals surface area contributed by atoms with Crippen molar-refractivity contribution in [2.75, 3.05) is 0 Å². The Morgan fingerprint density at radius 1 is 1.12 bits per heavy atom. The molecule has 0 saturated heterocycles. The molecule has 170 valence electrons. The first kappa shape index (κ1) is 22.0. The Bertz CT molecular complexity index is 1450. The number of fused-ring (bicyclic) bond motifs is 2. The lowest BCUT2D eigenvalue weighted by Crippen LogP contribution is -2.22. The molecule has 0 fully saturated rings. The van der Waals surface area contributed by atoms with Crippen LogP contribution in [0.1, 0.15) is 50.6 Å². The zero-order chi connectivity index (χ0) is 23.7. The predicted octanol–water partition coefficient (Wildman–Crippen LogP) is 4.98. The summed E-state index contributed by atoms with van der Waals surface area (Å²) in [6.07, 6.45) is 6.85. The maximum atomic E-state index is 13.1. The first-order chi connectivity index (χ1) is 16.5. The largest absolute Gasteiger partial charge is 0.453 e. The van der Waals surface area contributed by atoms with E-state index < -0.39 is 5.97 Å². The zero-order valence-electron chi connectivity index (χ0n) is 18.2. The zero-order valence-corrected chi connectivity index (χ0v) is 19.8. The van der Waals surface area contributed by atoms with Crippen molar-refractivity contribution in [1.29, 1.82) is 0 Å². The normalized spacial score (nSPS) is 14.1. The highest BCUT2D eigenvalue weighted by molar-refractivity contribution is 9.10. The number of hydrogen-bond donors (Lipinski definition) is 1. The van der Waals surface area contributed by atoms with Crippen LogP contribution in [-0.2, 0) is 6.42 Å². The second-order valence-electron chi connectivity index (χ2n) is 7.78. The Kier molecular flexibility index (Phi) is 5.93. The van der Waals surface area contributed by atoms with Crippen LogP contribution in [0.2, 0.25) is 0 Å². The lowest BCUT2D eigenvalue weighted by molar-refractivity contribution is 0.0700. The molecule has 1 aromatic carbocycles. The number of nitrogens with one attached hydrogen (secondary N) is 1. The Balaban J connectivity index is 1.42. The summed E-state index contributed by atoms with van der Waals surface area (Å²) < 4.78 is 12.5. The number of carbonyl (C=O) groups excluding carboxylic acids is 2. The second-order valence-corrected chi connectivity index (χ2v) is 8.63. The van der Waals surface area contributed by atoms with Crippen LogP contribution < -0.4 is 10.2 Å². The molecule has 0 spiro atoms. The highest BCUT2D eigenvalue weighted by Crippen LogP contribution is 2.33. The number of ether oxygens (including phenoxy) is 1. The van der Waals surface area contributed by atoms with Crippen LogP contribution in [-0.4, -0.2) is 27.6 Å². The van der Waals surface area contributed by atoms with Crippen LogP contribution in [0.3, 0.4) is 0 Å². The van der Waals surface area contributed by atoms with Gasteiger partial charge in [0.25, 0.3) is 5.91 Å². The van der Waals surface area contributed by atoms with Crippen molar-refractivity contribution in [3.05, 3.63) is 87.7 Å². The topological polar surface area (TPSA) is 107 Å². The maximum Gasteiger partial charge on any atom is 0.380 e. The van der Waals surface area contributed by atoms with Gasteiger partial charge >= 0.3 is 5.97 Å². The number of furan rings is 1. The highest BCUT2D eigenvalue weighted by atomic mass is 79.9. The molecule has 0 bridgehead atoms. The molecule has 9 heteroatoms. The molecule has 1 aliphatic carbocycles. The fourth-order valence-corrected chi connectivity index (χ4v) is 4.45. The first-order valence-electron chi connectivity index (χ1n) is 10.7. The Morgan fingerprint density at radius 2 is 1.94 bits per heavy atom. The summed E-state index contributed by atoms with van der Waals surface area (Å²) in [5.41, 5.74) is 5.66. The van der Waals surface area contributed by atoms with E-state index >= 15 is 0 Å². The summed E-state index contributed by atoms with van der Waals surface area (Å²) in [5, 5.41) is 5.17. The van der Waals surface area contributed by atoms with Crippen molar-refractivity contribution in [3.63, 3.8) is 0 Å². The molecule has 4 aromatic rings. The number of esters is 1. The van der Waals surface area contributed by atoms with E-state index in [-0.39, 0.29) is 11.7 Å². The van der Waals surface area contributed by atoms with Gasteiger partial charge in [-0.2, -0.15) is 5.10 Å². The molecule has 0 unspecified atom stereocenters. The molecule has 0 aliphatic heterocycles. The number of hydrogen-bond acceptors (Lipinski definition) is 7. The molecule has 0 saturated carbocycles. The standard InChI is InChI=1S/C25H19BrN4O4/c1-14-21-18(29-30-24(31)15-9-12-27-13-10-15)5-2-6-19(21)33-23(14)25(32)34-20-8-7-17(26)16-4-3-11-28-22(16)20/h3-4,7-13H,2,5-6H2,1H3,(H,30,31)/b29-18+. The second kappa shape index (κ2) is 9.18. The van der Waals surface area contributed by atoms with Crippen molar-refractivity contribution in [1.82, 2.24) is 15.4 Å². The molecular weight excluding hydrogens is 500 g/mol. The number of pyridine rings is 2. The van der Waals surface area contributed by atoms with Crippen LogP contribution in [0.25, 0.3) is 10.9 Å². The van der Waals surface area contributed by atoms with Crippen LogP contribution in [0.5, 0.6) is 5.75 Å². The minimum atomic E-state index is -0.610. The number of rotatable bonds is 4. The number of aromatic nitrogens is 2. The van der Waals surface area contributed by atoms with Gasteiger partial charge in [0.2, 0.25) is 5.76 Å². The van der Waals surface area contributed by atoms with Crippen LogP contribution >= 0.6 is 15.9 Å². The average molecular weight is 519 g/mol. The summed E-state index contributed by atoms with van der Waals surface area (Å²) in [7, 11) is 0. The molecule has 34 heavy (non-hydrogen) atoms. The number of nitrogens with zero attached hydrogens (tertiary/aromatic N) is 3. The van der Waals surface area contributed by atoms with Crippen molar-refractivity contribution in [2.24, 2.45) is 5.10 Å². The Hall–Kier alpha value is -3.85. The smallest absolute Gasteiger partial charge is 0.380 e. The average Bonchev–Trinajstić information content (AvgIpc) is 3.22. The molecule has 5 rings (SSSR count). The number of hydrazone groups is 1. The van der Waals surface area contributed by atoms with E-state index in [4.69, 9.17) is 9.15 Å². The van der Waals surface area contributed by atoms with Gasteiger partial charge in [0, 0.05) is 51.6 Å². The van der Waals surface area contributed by atoms with Crippen molar-refractivity contribution < 1.29 is 18.7 Å². The summed E-state index contributed by atoms with van der Waals surface area (Å²) >= 11 is 3.49. The lowest BCUT2D eigenvalue weighted by atomic mass is 9.93. The quantitative estimate of drug-likeness (QED) is 0.232. The Labute approximate surface area is 203 Å². The number of aryl methyl sites for hydroxylation is 1. The van der Waals surface area contributed by atoms with E-state index in [1.54, 1.807) is 43.7 Å². The summed E-state index contributed by atoms with van der Waals surface area (Å²) in [5.74, 6) is 0.174. The molecule has 0 radical (unpaired) electrons. The lowest BCUT2D eigenvalue weighted by Gasteiger charge is -2.13. The number of halogens is 1. The van der Waals surface area contributed by atoms with Gasteiger partial charge in [-0.1, -0.05) is 22.0 Å². The van der Waals surface area contributed by atoms with Gasteiger partial charge in [0.15, 0.2) is 5.75 Å². The van der Waals surface area contributed by atoms with Crippen molar-refractivity contribution in [3.8, 4) is 5.75 Å². The van der Waals surface area contributed by atoms with Gasteiger partial charge in [0.1, 0.15) is 11.3 Å². The SMILES string of the molecule is Cc1c(C(=O)Oc2ccc(Br)c3cccnc23)oc2c1/C(=N/NC(=O)c1ccncc1)CCC2. The number of benzene rings is 1. The Morgan fingerprint density at radius 3 is 2.76 bits per heavy atom. The van der Waals surface area contributed by atoms with Crippen molar-refractivity contribution in [2.45, 2.75) is 26.2 Å². The van der Waals surface area contributed by atoms with Crippen LogP contribution in [0.15, 0.2) is 69.0 Å². The first-order valence-corrected chi connectivity index (χ1v) is 11.5. The summed E-state index contributed by atoms with van der Waals surface area (Å²) in [6.45, 7) is 1.79. The summed E-state index contributed by atoms with van der Waals surface area (Å²) in [4.78, 5) is 33.7. The molecule has 3 heterocycles. The van der Waals surface area contributed by atoms with Gasteiger partial charge in [-0.15, -0.1) is 0 Å². The van der Waals surface area contributed by atoms with Gasteiger partial charge in [-0.3, -0.25) is 14.8 Å². The minimum Gasteiger partial charge on any atom is -0.453 e. The van der Waals surface area contributed by atoms with Gasteiger partial charge in [-0.25, -0.2) is 10.2 Å². The van der Waals surface area contributed by atoms with E-state index in [1.807, 2.05) is 18.2 Å². The minimum absolute atomic E-state index is 0.118. The molecule has 1 aliphatic rings.